The maximum atomic E-state index is 11.3. The molecule has 3 nitrogen and oxygen atoms in total. The number of carbonyl (C=O) groups excluding carboxylic acids is 1. The van der Waals surface area contributed by atoms with Crippen molar-refractivity contribution in [1.29, 1.82) is 0 Å². The molecule has 0 fully saturated rings. The molecule has 116 valence electrons. The fourth-order valence-corrected chi connectivity index (χ4v) is 3.33. The van der Waals surface area contributed by atoms with E-state index in [-0.39, 0.29) is 11.8 Å². The van der Waals surface area contributed by atoms with E-state index in [0.29, 0.717) is 0 Å². The highest BCUT2D eigenvalue weighted by atomic mass is 16.1. The molecule has 0 bridgehead atoms. The number of fused-ring (bicyclic) bond motifs is 1. The third kappa shape index (κ3) is 4.07. The van der Waals surface area contributed by atoms with Gasteiger partial charge in [-0.25, -0.2) is 0 Å². The highest BCUT2D eigenvalue weighted by Crippen LogP contribution is 2.30. The van der Waals surface area contributed by atoms with Gasteiger partial charge >= 0.3 is 0 Å². The summed E-state index contributed by atoms with van der Waals surface area (Å²) < 4.78 is 0. The molecular weight excluding hydrogens is 260 g/mol. The molecule has 1 aliphatic carbocycles. The van der Waals surface area contributed by atoms with E-state index in [1.165, 1.54) is 42.4 Å². The number of carbonyl (C=O) groups is 1. The Morgan fingerprint density at radius 3 is 2.38 bits per heavy atom. The lowest BCUT2D eigenvalue weighted by atomic mass is 9.81. The maximum absolute atomic E-state index is 11.3. The number of hydrogen-bond acceptors (Lipinski definition) is 2. The fraction of sp³-hybridized carbons (Fsp3) is 0.611. The zero-order valence-corrected chi connectivity index (χ0v) is 13.2. The highest BCUT2D eigenvalue weighted by Gasteiger charge is 2.19. The molecule has 3 heteroatoms. The molecule has 1 aliphatic rings. The molecule has 0 radical (unpaired) electrons. The Morgan fingerprint density at radius 2 is 1.76 bits per heavy atom. The van der Waals surface area contributed by atoms with Crippen molar-refractivity contribution in [3.05, 3.63) is 34.4 Å². The lowest BCUT2D eigenvalue weighted by Gasteiger charge is -2.24. The first-order valence-corrected chi connectivity index (χ1v) is 8.25. The van der Waals surface area contributed by atoms with E-state index in [4.69, 9.17) is 11.5 Å². The zero-order valence-electron chi connectivity index (χ0n) is 13.2. The van der Waals surface area contributed by atoms with Crippen molar-refractivity contribution >= 4 is 5.91 Å². The van der Waals surface area contributed by atoms with Crippen LogP contribution in [0.5, 0.6) is 0 Å². The van der Waals surface area contributed by atoms with Gasteiger partial charge in [0, 0.05) is 5.92 Å². The minimum atomic E-state index is -0.202. The molecule has 0 saturated carbocycles. The van der Waals surface area contributed by atoms with Gasteiger partial charge in [-0.3, -0.25) is 4.79 Å². The Kier molecular flexibility index (Phi) is 5.80. The van der Waals surface area contributed by atoms with Gasteiger partial charge in [-0.1, -0.05) is 19.1 Å². The van der Waals surface area contributed by atoms with E-state index >= 15 is 0 Å². The molecule has 0 aliphatic heterocycles. The Hall–Kier alpha value is -1.35. The summed E-state index contributed by atoms with van der Waals surface area (Å²) in [4.78, 5) is 11.3. The topological polar surface area (TPSA) is 69.1 Å². The highest BCUT2D eigenvalue weighted by molar-refractivity contribution is 5.76. The Balaban J connectivity index is 2.21. The second kappa shape index (κ2) is 7.60. The summed E-state index contributed by atoms with van der Waals surface area (Å²) in [5.41, 5.74) is 16.9. The Labute approximate surface area is 128 Å². The van der Waals surface area contributed by atoms with E-state index in [1.807, 2.05) is 6.92 Å². The van der Waals surface area contributed by atoms with Gasteiger partial charge in [0.1, 0.15) is 0 Å². The van der Waals surface area contributed by atoms with Crippen molar-refractivity contribution in [3.63, 3.8) is 0 Å². The summed E-state index contributed by atoms with van der Waals surface area (Å²) in [7, 11) is 0. The zero-order chi connectivity index (χ0) is 15.2. The largest absolute Gasteiger partial charge is 0.369 e. The molecule has 1 amide bonds. The van der Waals surface area contributed by atoms with Gasteiger partial charge in [-0.05, 0) is 80.2 Å². The predicted octanol–water partition coefficient (Wildman–Crippen LogP) is 2.51. The summed E-state index contributed by atoms with van der Waals surface area (Å²) >= 11 is 0. The molecule has 1 aromatic carbocycles. The van der Waals surface area contributed by atoms with Crippen LogP contribution in [0.4, 0.5) is 0 Å². The van der Waals surface area contributed by atoms with Gasteiger partial charge in [-0.15, -0.1) is 0 Å². The second-order valence-corrected chi connectivity index (χ2v) is 6.30. The number of aryl methyl sites for hydroxylation is 1. The SMILES string of the molecule is C[C@@H](Cc1ccc(CCCCN)c2c1CCCC2)C(N)=O. The van der Waals surface area contributed by atoms with Crippen LogP contribution in [0.25, 0.3) is 0 Å². The van der Waals surface area contributed by atoms with Gasteiger partial charge in [0.25, 0.3) is 0 Å². The number of unbranched alkanes of at least 4 members (excludes halogenated alkanes) is 1. The smallest absolute Gasteiger partial charge is 0.220 e. The van der Waals surface area contributed by atoms with Crippen molar-refractivity contribution in [2.24, 2.45) is 17.4 Å². The first-order valence-electron chi connectivity index (χ1n) is 8.25. The van der Waals surface area contributed by atoms with Crippen LogP contribution in [0.15, 0.2) is 12.1 Å². The molecule has 21 heavy (non-hydrogen) atoms. The third-order valence-electron chi connectivity index (χ3n) is 4.64. The van der Waals surface area contributed by atoms with E-state index in [1.54, 1.807) is 5.56 Å². The number of hydrogen-bond donors (Lipinski definition) is 2. The number of benzene rings is 1. The maximum Gasteiger partial charge on any atom is 0.220 e. The molecule has 0 spiro atoms. The number of amides is 1. The van der Waals surface area contributed by atoms with Crippen LogP contribution in [0.1, 0.15) is 54.9 Å². The van der Waals surface area contributed by atoms with Gasteiger partial charge in [0.05, 0.1) is 0 Å². The second-order valence-electron chi connectivity index (χ2n) is 6.30. The summed E-state index contributed by atoms with van der Waals surface area (Å²) in [5.74, 6) is -0.286. The van der Waals surface area contributed by atoms with E-state index in [0.717, 1.165) is 32.2 Å². The average molecular weight is 288 g/mol. The number of primary amides is 1. The van der Waals surface area contributed by atoms with Gasteiger partial charge in [0.2, 0.25) is 5.91 Å². The van der Waals surface area contributed by atoms with Crippen LogP contribution in [-0.2, 0) is 30.5 Å². The normalized spacial score (nSPS) is 15.5. The van der Waals surface area contributed by atoms with Crippen molar-refractivity contribution in [1.82, 2.24) is 0 Å². The fourth-order valence-electron chi connectivity index (χ4n) is 3.33. The van der Waals surface area contributed by atoms with E-state index < -0.39 is 0 Å². The Bertz CT molecular complexity index is 496. The lowest BCUT2D eigenvalue weighted by molar-refractivity contribution is -0.121. The van der Waals surface area contributed by atoms with Crippen LogP contribution in [0.2, 0.25) is 0 Å². The predicted molar refractivity (Wildman–Crippen MR) is 87.1 cm³/mol. The lowest BCUT2D eigenvalue weighted by Crippen LogP contribution is -2.23. The van der Waals surface area contributed by atoms with Gasteiger partial charge in [-0.2, -0.15) is 0 Å². The van der Waals surface area contributed by atoms with Crippen molar-refractivity contribution in [2.75, 3.05) is 6.54 Å². The van der Waals surface area contributed by atoms with E-state index in [2.05, 4.69) is 12.1 Å². The van der Waals surface area contributed by atoms with Crippen LogP contribution in [0.3, 0.4) is 0 Å². The van der Waals surface area contributed by atoms with E-state index in [9.17, 15) is 4.79 Å². The first-order chi connectivity index (χ1) is 10.1. The molecule has 0 saturated heterocycles. The minimum absolute atomic E-state index is 0.0842. The quantitative estimate of drug-likeness (QED) is 0.757. The minimum Gasteiger partial charge on any atom is -0.369 e. The molecule has 1 aromatic rings. The van der Waals surface area contributed by atoms with Crippen molar-refractivity contribution in [3.8, 4) is 0 Å². The van der Waals surface area contributed by atoms with Gasteiger partial charge < -0.3 is 11.5 Å². The van der Waals surface area contributed by atoms with Crippen LogP contribution in [-0.4, -0.2) is 12.5 Å². The summed E-state index contributed by atoms with van der Waals surface area (Å²) in [6.45, 7) is 2.70. The number of nitrogens with two attached hydrogens (primary N) is 2. The molecule has 2 rings (SSSR count). The Morgan fingerprint density at radius 1 is 1.14 bits per heavy atom. The average Bonchev–Trinajstić information content (AvgIpc) is 2.49. The number of rotatable bonds is 7. The summed E-state index contributed by atoms with van der Waals surface area (Å²) in [6.07, 6.45) is 9.05. The molecule has 1 atom stereocenters. The van der Waals surface area contributed by atoms with Gasteiger partial charge in [0.15, 0.2) is 0 Å². The van der Waals surface area contributed by atoms with Crippen LogP contribution < -0.4 is 11.5 Å². The summed E-state index contributed by atoms with van der Waals surface area (Å²) in [5, 5.41) is 0. The van der Waals surface area contributed by atoms with Crippen LogP contribution in [0, 0.1) is 5.92 Å². The van der Waals surface area contributed by atoms with Crippen LogP contribution >= 0.6 is 0 Å². The first kappa shape index (κ1) is 16.0. The molecule has 0 heterocycles. The molecular formula is C18H28N2O. The monoisotopic (exact) mass is 288 g/mol. The third-order valence-corrected chi connectivity index (χ3v) is 4.64. The molecule has 0 unspecified atom stereocenters. The standard InChI is InChI=1S/C18H28N2O/c1-13(18(20)21)12-15-10-9-14(6-4-5-11-19)16-7-2-3-8-17(15)16/h9-10,13H,2-8,11-12,19H2,1H3,(H2,20,21)/t13-/m0/s1. The van der Waals surface area contributed by atoms with Crippen molar-refractivity contribution < 1.29 is 4.79 Å². The molecule has 0 aromatic heterocycles. The molecule has 4 N–H and O–H groups in total. The summed E-state index contributed by atoms with van der Waals surface area (Å²) in [6, 6.07) is 4.49. The van der Waals surface area contributed by atoms with Crippen molar-refractivity contribution in [2.45, 2.75) is 58.3 Å².